The van der Waals surface area contributed by atoms with E-state index in [1.807, 2.05) is 44.2 Å². The van der Waals surface area contributed by atoms with E-state index in [2.05, 4.69) is 25.4 Å². The van der Waals surface area contributed by atoms with E-state index >= 15 is 0 Å². The van der Waals surface area contributed by atoms with Crippen molar-refractivity contribution in [3.05, 3.63) is 77.6 Å². The van der Waals surface area contributed by atoms with Crippen LogP contribution in [0, 0.1) is 5.92 Å². The first-order valence-corrected chi connectivity index (χ1v) is 18.3. The molecule has 4 amide bonds. The summed E-state index contributed by atoms with van der Waals surface area (Å²) in [4.78, 5) is 93.9. The molecule has 3 unspecified atom stereocenters. The molecular weight excluding hydrogens is 744 g/mol. The number of hydroxylamine groups is 2. The van der Waals surface area contributed by atoms with E-state index in [9.17, 15) is 33.6 Å². The zero-order valence-corrected chi connectivity index (χ0v) is 32.7. The summed E-state index contributed by atoms with van der Waals surface area (Å²) in [6, 6.07) is 14.3. The van der Waals surface area contributed by atoms with E-state index in [0.717, 1.165) is 39.0 Å². The van der Waals surface area contributed by atoms with Crippen LogP contribution >= 0.6 is 0 Å². The first kappa shape index (κ1) is 45.2. The van der Waals surface area contributed by atoms with Gasteiger partial charge in [-0.25, -0.2) is 14.7 Å². The van der Waals surface area contributed by atoms with Crippen LogP contribution in [-0.4, -0.2) is 93.8 Å². The zero-order chi connectivity index (χ0) is 41.7. The van der Waals surface area contributed by atoms with Gasteiger partial charge in [-0.15, -0.1) is 0 Å². The number of hydrogen-bond donors (Lipinski definition) is 3. The van der Waals surface area contributed by atoms with Crippen molar-refractivity contribution >= 4 is 42.0 Å². The summed E-state index contributed by atoms with van der Waals surface area (Å²) >= 11 is 0. The van der Waals surface area contributed by atoms with Crippen molar-refractivity contribution in [2.45, 2.75) is 71.1 Å². The maximum absolute atomic E-state index is 13.6. The van der Waals surface area contributed by atoms with Gasteiger partial charge in [0.15, 0.2) is 12.4 Å². The predicted molar refractivity (Wildman–Crippen MR) is 203 cm³/mol. The number of nitrogens with one attached hydrogen (secondary N) is 3. The second kappa shape index (κ2) is 23.6. The molecule has 308 valence electrons. The predicted octanol–water partition coefficient (Wildman–Crippen LogP) is 3.70. The third kappa shape index (κ3) is 14.1. The normalized spacial score (nSPS) is 12.2. The molecule has 0 aliphatic heterocycles. The van der Waals surface area contributed by atoms with Crippen LogP contribution in [0.4, 0.5) is 0 Å². The van der Waals surface area contributed by atoms with Gasteiger partial charge in [0.1, 0.15) is 24.2 Å². The van der Waals surface area contributed by atoms with Gasteiger partial charge in [0.2, 0.25) is 12.3 Å². The van der Waals surface area contributed by atoms with Gasteiger partial charge in [0.05, 0.1) is 46.4 Å². The molecule has 0 bridgehead atoms. The Morgan fingerprint density at radius 2 is 1.58 bits per heavy atom. The fourth-order valence-electron chi connectivity index (χ4n) is 5.71. The average molecular weight is 795 g/mol. The molecule has 3 aromatic rings. The van der Waals surface area contributed by atoms with Crippen LogP contribution in [-0.2, 0) is 49.6 Å². The Bertz CT molecular complexity index is 1810. The Hall–Kier alpha value is -6.23. The quantitative estimate of drug-likeness (QED) is 0.0295. The van der Waals surface area contributed by atoms with Gasteiger partial charge in [0.25, 0.3) is 11.8 Å². The molecule has 57 heavy (non-hydrogen) atoms. The molecule has 0 aliphatic rings. The number of hydrogen-bond acceptors (Lipinski definition) is 13. The Kier molecular flexibility index (Phi) is 18.7. The van der Waals surface area contributed by atoms with Gasteiger partial charge in [-0.2, -0.15) is 0 Å². The van der Waals surface area contributed by atoms with Crippen molar-refractivity contribution in [3.8, 4) is 17.1 Å². The average Bonchev–Trinajstić information content (AvgIpc) is 3.74. The third-order valence-electron chi connectivity index (χ3n) is 8.76. The summed E-state index contributed by atoms with van der Waals surface area (Å²) in [6.45, 7) is 3.30. The molecule has 17 heteroatoms. The minimum absolute atomic E-state index is 0.0354. The maximum atomic E-state index is 13.6. The van der Waals surface area contributed by atoms with Crippen LogP contribution < -0.4 is 20.7 Å². The van der Waals surface area contributed by atoms with E-state index in [0.29, 0.717) is 19.3 Å². The van der Waals surface area contributed by atoms with Gasteiger partial charge >= 0.3 is 17.9 Å². The molecular formula is C40H50N4O13. The Morgan fingerprint density at radius 1 is 0.842 bits per heavy atom. The van der Waals surface area contributed by atoms with Crippen LogP contribution in [0.5, 0.6) is 5.75 Å². The van der Waals surface area contributed by atoms with Crippen molar-refractivity contribution in [2.75, 3.05) is 34.6 Å². The highest BCUT2D eigenvalue weighted by atomic mass is 16.7. The summed E-state index contributed by atoms with van der Waals surface area (Å²) in [5.41, 5.74) is 1.04. The van der Waals surface area contributed by atoms with Crippen LogP contribution in [0.2, 0.25) is 0 Å². The molecule has 1 aromatic heterocycles. The number of carbonyl (C=O) groups excluding carboxylic acids is 7. The van der Waals surface area contributed by atoms with E-state index in [4.69, 9.17) is 18.7 Å². The number of ether oxygens (including phenoxy) is 4. The zero-order valence-electron chi connectivity index (χ0n) is 32.7. The summed E-state index contributed by atoms with van der Waals surface area (Å²) in [7, 11) is 3.40. The highest BCUT2D eigenvalue weighted by Crippen LogP contribution is 2.29. The first-order chi connectivity index (χ1) is 27.5. The van der Waals surface area contributed by atoms with E-state index < -0.39 is 60.8 Å². The van der Waals surface area contributed by atoms with Crippen molar-refractivity contribution in [3.63, 3.8) is 0 Å². The van der Waals surface area contributed by atoms with E-state index in [-0.39, 0.29) is 47.6 Å². The monoisotopic (exact) mass is 794 g/mol. The number of nitrogens with zero attached hydrogens (tertiary/aromatic N) is 1. The maximum Gasteiger partial charge on any atom is 0.343 e. The van der Waals surface area contributed by atoms with Crippen molar-refractivity contribution in [2.24, 2.45) is 5.92 Å². The largest absolute Gasteiger partial charge is 0.482 e. The molecule has 0 aliphatic carbocycles. The second-order valence-corrected chi connectivity index (χ2v) is 12.6. The SMILES string of the molecule is CCCCCC(C(=O)NCNC(=O)c1ccc(-c2cc(OCC(=O)OC)cc(C(=O)NC(CC(=O)OC)C(=O)OC)c2)o1)C(CC)N(C=O)OCc1ccccc1. The summed E-state index contributed by atoms with van der Waals surface area (Å²) < 4.78 is 25.3. The lowest BCUT2D eigenvalue weighted by molar-refractivity contribution is -0.200. The lowest BCUT2D eigenvalue weighted by Crippen LogP contribution is -2.48. The number of methoxy groups -OCH3 is 3. The Balaban J connectivity index is 1.75. The fourth-order valence-corrected chi connectivity index (χ4v) is 5.71. The van der Waals surface area contributed by atoms with Crippen molar-refractivity contribution in [1.82, 2.24) is 21.0 Å². The number of esters is 3. The van der Waals surface area contributed by atoms with Crippen molar-refractivity contribution < 1.29 is 61.8 Å². The van der Waals surface area contributed by atoms with Gasteiger partial charge in [-0.05, 0) is 48.7 Å². The minimum atomic E-state index is -1.38. The van der Waals surface area contributed by atoms with Gasteiger partial charge in [-0.1, -0.05) is 63.4 Å². The highest BCUT2D eigenvalue weighted by molar-refractivity contribution is 5.99. The van der Waals surface area contributed by atoms with Crippen LogP contribution in [0.1, 0.15) is 78.8 Å². The minimum Gasteiger partial charge on any atom is -0.482 e. The number of benzene rings is 2. The molecule has 1 heterocycles. The van der Waals surface area contributed by atoms with Crippen LogP contribution in [0.25, 0.3) is 11.3 Å². The molecule has 0 saturated heterocycles. The third-order valence-corrected chi connectivity index (χ3v) is 8.76. The number of carbonyl (C=O) groups is 7. The lowest BCUT2D eigenvalue weighted by atomic mass is 9.90. The lowest BCUT2D eigenvalue weighted by Gasteiger charge is -2.32. The number of unbranched alkanes of at least 4 members (excludes halogenated alkanes) is 2. The molecule has 0 saturated carbocycles. The smallest absolute Gasteiger partial charge is 0.343 e. The Morgan fingerprint density at radius 3 is 2.23 bits per heavy atom. The molecule has 17 nitrogen and oxygen atoms in total. The van der Waals surface area contributed by atoms with Gasteiger partial charge < -0.3 is 39.3 Å². The molecule has 3 atom stereocenters. The van der Waals surface area contributed by atoms with Gasteiger partial charge in [-0.3, -0.25) is 28.8 Å². The Labute approximate surface area is 330 Å². The number of furan rings is 1. The van der Waals surface area contributed by atoms with E-state index in [1.54, 1.807) is 0 Å². The summed E-state index contributed by atoms with van der Waals surface area (Å²) in [5, 5.41) is 8.96. The molecule has 3 rings (SSSR count). The summed E-state index contributed by atoms with van der Waals surface area (Å²) in [6.07, 6.45) is 3.57. The highest BCUT2D eigenvalue weighted by Gasteiger charge is 2.32. The molecule has 0 fully saturated rings. The van der Waals surface area contributed by atoms with Crippen LogP contribution in [0.3, 0.4) is 0 Å². The number of amides is 4. The first-order valence-electron chi connectivity index (χ1n) is 18.3. The molecule has 0 spiro atoms. The second-order valence-electron chi connectivity index (χ2n) is 12.6. The summed E-state index contributed by atoms with van der Waals surface area (Å²) in [5.74, 6) is -4.82. The van der Waals surface area contributed by atoms with Crippen molar-refractivity contribution in [1.29, 1.82) is 0 Å². The van der Waals surface area contributed by atoms with E-state index in [1.165, 1.54) is 42.5 Å². The topological polar surface area (TPSA) is 218 Å². The molecule has 2 aromatic carbocycles. The fraction of sp³-hybridized carbons (Fsp3) is 0.425. The molecule has 0 radical (unpaired) electrons. The molecule has 3 N–H and O–H groups in total. The van der Waals surface area contributed by atoms with Gasteiger partial charge in [0, 0.05) is 11.1 Å². The standard InChI is InChI=1S/C40H50N4O13/c1-6-8-10-15-30(32(7-2)44(25-45)56-22-26-13-11-9-12-14-26)38(49)41-24-42-39(50)34-17-16-33(57-34)27-18-28(20-29(19-27)55-23-36(47)53-4)37(48)43-31(40(51)54-5)21-35(46)52-3/h9,11-14,16-20,25,30-32H,6-8,10,15,21-24H2,1-5H3,(H,41,49)(H,42,50)(H,43,48). The number of rotatable bonds is 24. The van der Waals surface area contributed by atoms with Crippen LogP contribution in [0.15, 0.2) is 65.1 Å².